The van der Waals surface area contributed by atoms with Crippen molar-refractivity contribution in [2.45, 2.75) is 12.5 Å². The van der Waals surface area contributed by atoms with Crippen molar-refractivity contribution in [1.29, 1.82) is 0 Å². The number of amides is 3. The minimum absolute atomic E-state index is 0.243. The van der Waals surface area contributed by atoms with Gasteiger partial charge in [0, 0.05) is 24.4 Å². The van der Waals surface area contributed by atoms with Crippen LogP contribution in [0.2, 0.25) is 5.02 Å². The quantitative estimate of drug-likeness (QED) is 0.814. The minimum atomic E-state index is -0.889. The average molecular weight is 360 g/mol. The van der Waals surface area contributed by atoms with Crippen LogP contribution in [0.15, 0.2) is 53.9 Å². The van der Waals surface area contributed by atoms with E-state index in [2.05, 4.69) is 15.6 Å². The number of carbonyl (C=O) groups excluding carboxylic acids is 2. The Labute approximate surface area is 148 Å². The molecule has 0 saturated carbocycles. The third kappa shape index (κ3) is 3.69. The second-order valence-corrected chi connectivity index (χ2v) is 5.59. The van der Waals surface area contributed by atoms with Gasteiger partial charge in [-0.1, -0.05) is 28.9 Å². The summed E-state index contributed by atoms with van der Waals surface area (Å²) in [6.07, 6.45) is 2.62. The standard InChI is InChI=1S/C16H14ClN5O3/c17-11-5-1-2-6-13(11)22(16(18)24)20-15(23)14-8-12(21-25-14)10-4-3-7-19-9-10/h1-7,9,14H,8H2,(H2,18,24)(H,20,23). The fraction of sp³-hybridized carbons (Fsp3) is 0.125. The highest BCUT2D eigenvalue weighted by Gasteiger charge is 2.31. The fourth-order valence-corrected chi connectivity index (χ4v) is 2.49. The van der Waals surface area contributed by atoms with Crippen LogP contribution in [0.1, 0.15) is 12.0 Å². The molecule has 2 heterocycles. The summed E-state index contributed by atoms with van der Waals surface area (Å²) in [4.78, 5) is 33.3. The van der Waals surface area contributed by atoms with Crippen molar-refractivity contribution in [3.63, 3.8) is 0 Å². The molecule has 9 heteroatoms. The van der Waals surface area contributed by atoms with E-state index in [0.717, 1.165) is 10.6 Å². The molecule has 2 aromatic rings. The predicted molar refractivity (Wildman–Crippen MR) is 91.9 cm³/mol. The molecule has 0 fully saturated rings. The summed E-state index contributed by atoms with van der Waals surface area (Å²) in [6, 6.07) is 9.19. The van der Waals surface area contributed by atoms with E-state index in [-0.39, 0.29) is 17.1 Å². The van der Waals surface area contributed by atoms with Crippen LogP contribution in [0.25, 0.3) is 0 Å². The Hall–Kier alpha value is -3.13. The van der Waals surface area contributed by atoms with E-state index >= 15 is 0 Å². The lowest BCUT2D eigenvalue weighted by atomic mass is 10.1. The molecule has 3 N–H and O–H groups in total. The molecule has 0 bridgehead atoms. The van der Waals surface area contributed by atoms with E-state index < -0.39 is 18.0 Å². The number of anilines is 1. The van der Waals surface area contributed by atoms with E-state index in [1.165, 1.54) is 0 Å². The van der Waals surface area contributed by atoms with Crippen LogP contribution in [-0.2, 0) is 9.63 Å². The maximum Gasteiger partial charge on any atom is 0.338 e. The number of aromatic nitrogens is 1. The molecule has 128 valence electrons. The summed E-state index contributed by atoms with van der Waals surface area (Å²) in [5.41, 5.74) is 9.36. The molecular formula is C16H14ClN5O3. The van der Waals surface area contributed by atoms with Gasteiger partial charge in [-0.3, -0.25) is 15.2 Å². The summed E-state index contributed by atoms with van der Waals surface area (Å²) in [5, 5.41) is 5.04. The number of oxime groups is 1. The highest BCUT2D eigenvalue weighted by Crippen LogP contribution is 2.24. The van der Waals surface area contributed by atoms with Gasteiger partial charge in [0.15, 0.2) is 0 Å². The smallest absolute Gasteiger partial charge is 0.338 e. The second kappa shape index (κ2) is 7.18. The highest BCUT2D eigenvalue weighted by molar-refractivity contribution is 6.33. The summed E-state index contributed by atoms with van der Waals surface area (Å²) in [7, 11) is 0. The van der Waals surface area contributed by atoms with Crippen LogP contribution in [-0.4, -0.2) is 28.7 Å². The van der Waals surface area contributed by atoms with Gasteiger partial charge in [-0.05, 0) is 24.3 Å². The molecule has 3 amide bonds. The van der Waals surface area contributed by atoms with E-state index in [1.54, 1.807) is 42.7 Å². The molecule has 0 saturated heterocycles. The number of nitrogens with zero attached hydrogens (tertiary/aromatic N) is 3. The van der Waals surface area contributed by atoms with Crippen LogP contribution >= 0.6 is 11.6 Å². The zero-order valence-electron chi connectivity index (χ0n) is 12.9. The van der Waals surface area contributed by atoms with Crippen LogP contribution in [0, 0.1) is 0 Å². The van der Waals surface area contributed by atoms with Crippen molar-refractivity contribution in [2.24, 2.45) is 10.9 Å². The summed E-state index contributed by atoms with van der Waals surface area (Å²) in [6.45, 7) is 0. The van der Waals surface area contributed by atoms with Crippen LogP contribution in [0.3, 0.4) is 0 Å². The van der Waals surface area contributed by atoms with Crippen molar-refractivity contribution < 1.29 is 14.4 Å². The lowest BCUT2D eigenvalue weighted by Crippen LogP contribution is -2.52. The Kier molecular flexibility index (Phi) is 4.80. The number of nitrogens with one attached hydrogen (secondary N) is 1. The SMILES string of the molecule is NC(=O)N(NC(=O)C1CC(c2cccnc2)=NO1)c1ccccc1Cl. The van der Waals surface area contributed by atoms with Gasteiger partial charge in [0.25, 0.3) is 5.91 Å². The number of benzene rings is 1. The van der Waals surface area contributed by atoms with Gasteiger partial charge in [0.2, 0.25) is 6.10 Å². The number of pyridine rings is 1. The second-order valence-electron chi connectivity index (χ2n) is 5.18. The molecule has 1 aliphatic rings. The zero-order chi connectivity index (χ0) is 17.8. The number of hydrazine groups is 1. The molecular weight excluding hydrogens is 346 g/mol. The largest absolute Gasteiger partial charge is 0.382 e. The highest BCUT2D eigenvalue weighted by atomic mass is 35.5. The van der Waals surface area contributed by atoms with Gasteiger partial charge in [-0.15, -0.1) is 0 Å². The summed E-state index contributed by atoms with van der Waals surface area (Å²) < 4.78 is 0. The van der Waals surface area contributed by atoms with E-state index in [1.807, 2.05) is 6.07 Å². The third-order valence-electron chi connectivity index (χ3n) is 3.49. The molecule has 0 spiro atoms. The molecule has 25 heavy (non-hydrogen) atoms. The van der Waals surface area contributed by atoms with E-state index in [4.69, 9.17) is 22.2 Å². The molecule has 1 unspecified atom stereocenters. The summed E-state index contributed by atoms with van der Waals surface area (Å²) in [5.74, 6) is -0.568. The Morgan fingerprint density at radius 2 is 2.08 bits per heavy atom. The maximum absolute atomic E-state index is 12.4. The Bertz CT molecular complexity index is 828. The normalized spacial score (nSPS) is 15.9. The van der Waals surface area contributed by atoms with Crippen molar-refractivity contribution in [3.05, 3.63) is 59.4 Å². The van der Waals surface area contributed by atoms with Crippen molar-refractivity contribution >= 4 is 34.9 Å². The number of nitrogens with two attached hydrogens (primary N) is 1. The van der Waals surface area contributed by atoms with E-state index in [0.29, 0.717) is 5.71 Å². The van der Waals surface area contributed by atoms with Crippen LogP contribution < -0.4 is 16.2 Å². The van der Waals surface area contributed by atoms with Gasteiger partial charge in [-0.25, -0.2) is 9.80 Å². The molecule has 3 rings (SSSR count). The number of carbonyl (C=O) groups is 2. The average Bonchev–Trinajstić information content (AvgIpc) is 3.11. The lowest BCUT2D eigenvalue weighted by molar-refractivity contribution is -0.131. The maximum atomic E-state index is 12.4. The molecule has 1 aromatic heterocycles. The van der Waals surface area contributed by atoms with Crippen molar-refractivity contribution in [2.75, 3.05) is 5.01 Å². The number of hydrogen-bond donors (Lipinski definition) is 2. The topological polar surface area (TPSA) is 110 Å². The Balaban J connectivity index is 1.70. The molecule has 8 nitrogen and oxygen atoms in total. The Morgan fingerprint density at radius 1 is 1.28 bits per heavy atom. The van der Waals surface area contributed by atoms with Crippen LogP contribution in [0.4, 0.5) is 10.5 Å². The van der Waals surface area contributed by atoms with Gasteiger partial charge >= 0.3 is 6.03 Å². The first-order valence-corrected chi connectivity index (χ1v) is 7.71. The van der Waals surface area contributed by atoms with Crippen molar-refractivity contribution in [1.82, 2.24) is 10.4 Å². The lowest BCUT2D eigenvalue weighted by Gasteiger charge is -2.23. The predicted octanol–water partition coefficient (Wildman–Crippen LogP) is 1.84. The van der Waals surface area contributed by atoms with Gasteiger partial charge < -0.3 is 10.6 Å². The minimum Gasteiger partial charge on any atom is -0.382 e. The summed E-state index contributed by atoms with van der Waals surface area (Å²) >= 11 is 6.05. The first-order chi connectivity index (χ1) is 12.1. The Morgan fingerprint density at radius 3 is 2.76 bits per heavy atom. The first kappa shape index (κ1) is 16.7. The molecule has 0 radical (unpaired) electrons. The number of rotatable bonds is 3. The number of para-hydroxylation sites is 1. The molecule has 1 aromatic carbocycles. The third-order valence-corrected chi connectivity index (χ3v) is 3.81. The number of urea groups is 1. The zero-order valence-corrected chi connectivity index (χ0v) is 13.7. The monoisotopic (exact) mass is 359 g/mol. The van der Waals surface area contributed by atoms with Crippen LogP contribution in [0.5, 0.6) is 0 Å². The number of hydrogen-bond acceptors (Lipinski definition) is 5. The molecule has 1 atom stereocenters. The number of primary amides is 1. The fourth-order valence-electron chi connectivity index (χ4n) is 2.27. The van der Waals surface area contributed by atoms with Gasteiger partial charge in [0.05, 0.1) is 16.4 Å². The van der Waals surface area contributed by atoms with Gasteiger partial charge in [0.1, 0.15) is 0 Å². The number of halogens is 1. The molecule has 0 aliphatic carbocycles. The van der Waals surface area contributed by atoms with Gasteiger partial charge in [-0.2, -0.15) is 0 Å². The molecule has 1 aliphatic heterocycles. The van der Waals surface area contributed by atoms with Crippen molar-refractivity contribution in [3.8, 4) is 0 Å². The van der Waals surface area contributed by atoms with E-state index in [9.17, 15) is 9.59 Å². The first-order valence-electron chi connectivity index (χ1n) is 7.34.